The Kier molecular flexibility index (Phi) is 6.19. The summed E-state index contributed by atoms with van der Waals surface area (Å²) in [5.74, 6) is -0.353. The Labute approximate surface area is 178 Å². The third-order valence-electron chi connectivity index (χ3n) is 5.69. The number of carbonyl (C=O) groups excluding carboxylic acids is 3. The monoisotopic (exact) mass is 413 g/mol. The smallest absolute Gasteiger partial charge is 0.410 e. The lowest BCUT2D eigenvalue weighted by molar-refractivity contribution is -0.113. The quantitative estimate of drug-likeness (QED) is 0.767. The average molecular weight is 414 g/mol. The molecule has 2 fully saturated rings. The zero-order valence-electron chi connectivity index (χ0n) is 18.2. The average Bonchev–Trinajstić information content (AvgIpc) is 2.96. The third-order valence-corrected chi connectivity index (χ3v) is 5.69. The van der Waals surface area contributed by atoms with Crippen molar-refractivity contribution < 1.29 is 19.1 Å². The van der Waals surface area contributed by atoms with Crippen LogP contribution in [-0.2, 0) is 9.53 Å². The molecule has 2 heterocycles. The SMILES string of the molecule is C=CC(=O)N(C)c1ccc(C(=O)NC2CC3CCC(C2)N3C(=O)OC(C)(C)C)cc1. The van der Waals surface area contributed by atoms with E-state index in [1.165, 1.54) is 11.0 Å². The maximum atomic E-state index is 12.7. The second-order valence-electron chi connectivity index (χ2n) is 9.06. The standard InChI is InChI=1S/C23H31N3O4/c1-6-20(27)25(5)17-9-7-15(8-10-17)21(28)24-16-13-18-11-12-19(14-16)26(18)22(29)30-23(2,3)4/h6-10,16,18-19H,1,11-14H2,2-5H3,(H,24,28). The van der Waals surface area contributed by atoms with Crippen LogP contribution in [0.15, 0.2) is 36.9 Å². The van der Waals surface area contributed by atoms with Crippen LogP contribution in [-0.4, -0.2) is 53.6 Å². The molecule has 2 aliphatic heterocycles. The lowest BCUT2D eigenvalue weighted by Gasteiger charge is -2.39. The molecule has 1 aromatic rings. The van der Waals surface area contributed by atoms with Gasteiger partial charge in [-0.3, -0.25) is 9.59 Å². The van der Waals surface area contributed by atoms with Crippen molar-refractivity contribution in [2.45, 2.75) is 70.2 Å². The number of benzene rings is 1. The van der Waals surface area contributed by atoms with Gasteiger partial charge >= 0.3 is 6.09 Å². The summed E-state index contributed by atoms with van der Waals surface area (Å²) in [4.78, 5) is 40.3. The Morgan fingerprint density at radius 2 is 1.70 bits per heavy atom. The van der Waals surface area contributed by atoms with Gasteiger partial charge in [0.1, 0.15) is 5.60 Å². The minimum absolute atomic E-state index is 0.0263. The summed E-state index contributed by atoms with van der Waals surface area (Å²) in [5.41, 5.74) is 0.721. The molecule has 3 rings (SSSR count). The van der Waals surface area contributed by atoms with E-state index in [-0.39, 0.29) is 36.0 Å². The number of hydrogen-bond donors (Lipinski definition) is 1. The van der Waals surface area contributed by atoms with Crippen LogP contribution in [0.5, 0.6) is 0 Å². The summed E-state index contributed by atoms with van der Waals surface area (Å²) in [6.45, 7) is 9.09. The summed E-state index contributed by atoms with van der Waals surface area (Å²) in [7, 11) is 1.66. The molecule has 0 aromatic heterocycles. The van der Waals surface area contributed by atoms with Crippen molar-refractivity contribution in [1.82, 2.24) is 10.2 Å². The van der Waals surface area contributed by atoms with Gasteiger partial charge in [0.25, 0.3) is 5.91 Å². The minimum Gasteiger partial charge on any atom is -0.444 e. The van der Waals surface area contributed by atoms with Gasteiger partial charge in [-0.1, -0.05) is 6.58 Å². The Bertz CT molecular complexity index is 814. The number of nitrogens with zero attached hydrogens (tertiary/aromatic N) is 2. The lowest BCUT2D eigenvalue weighted by atomic mass is 9.97. The van der Waals surface area contributed by atoms with E-state index in [0.717, 1.165) is 25.7 Å². The van der Waals surface area contributed by atoms with E-state index in [9.17, 15) is 14.4 Å². The van der Waals surface area contributed by atoms with Crippen LogP contribution in [0.2, 0.25) is 0 Å². The highest BCUT2D eigenvalue weighted by Crippen LogP contribution is 2.37. The Morgan fingerprint density at radius 3 is 2.20 bits per heavy atom. The van der Waals surface area contributed by atoms with Crippen molar-refractivity contribution in [3.8, 4) is 0 Å². The van der Waals surface area contributed by atoms with Crippen LogP contribution in [0, 0.1) is 0 Å². The first-order chi connectivity index (χ1) is 14.1. The number of ether oxygens (including phenoxy) is 1. The van der Waals surface area contributed by atoms with Crippen LogP contribution in [0.25, 0.3) is 0 Å². The predicted molar refractivity (Wildman–Crippen MR) is 115 cm³/mol. The number of likely N-dealkylation sites (N-methyl/N-ethyl adjacent to an activating group) is 1. The molecule has 162 valence electrons. The lowest BCUT2D eigenvalue weighted by Crippen LogP contribution is -2.53. The fourth-order valence-electron chi connectivity index (χ4n) is 4.28. The van der Waals surface area contributed by atoms with Crippen molar-refractivity contribution in [1.29, 1.82) is 0 Å². The number of hydrogen-bond acceptors (Lipinski definition) is 4. The van der Waals surface area contributed by atoms with Crippen molar-refractivity contribution in [2.75, 3.05) is 11.9 Å². The Balaban J connectivity index is 1.59. The zero-order chi connectivity index (χ0) is 22.1. The zero-order valence-corrected chi connectivity index (χ0v) is 18.2. The Hall–Kier alpha value is -2.83. The van der Waals surface area contributed by atoms with Crippen LogP contribution < -0.4 is 10.2 Å². The van der Waals surface area contributed by atoms with E-state index in [2.05, 4.69) is 11.9 Å². The molecule has 1 aromatic carbocycles. The third kappa shape index (κ3) is 4.83. The van der Waals surface area contributed by atoms with Crippen molar-refractivity contribution >= 4 is 23.6 Å². The Morgan fingerprint density at radius 1 is 1.13 bits per heavy atom. The molecule has 7 heteroatoms. The first-order valence-electron chi connectivity index (χ1n) is 10.4. The summed E-state index contributed by atoms with van der Waals surface area (Å²) in [6.07, 6.45) is 4.34. The van der Waals surface area contributed by atoms with Gasteiger partial charge in [0.05, 0.1) is 0 Å². The molecule has 2 unspecified atom stereocenters. The highest BCUT2D eigenvalue weighted by atomic mass is 16.6. The maximum absolute atomic E-state index is 12.7. The highest BCUT2D eigenvalue weighted by molar-refractivity contribution is 6.01. The molecule has 0 saturated carbocycles. The van der Waals surface area contributed by atoms with Crippen LogP contribution in [0.1, 0.15) is 56.8 Å². The number of carbonyl (C=O) groups is 3. The van der Waals surface area contributed by atoms with Crippen LogP contribution in [0.4, 0.5) is 10.5 Å². The van der Waals surface area contributed by atoms with Gasteiger partial charge in [0, 0.05) is 36.4 Å². The number of nitrogens with one attached hydrogen (secondary N) is 1. The molecule has 7 nitrogen and oxygen atoms in total. The molecule has 0 radical (unpaired) electrons. The largest absolute Gasteiger partial charge is 0.444 e. The summed E-state index contributed by atoms with van der Waals surface area (Å²) in [5, 5.41) is 3.11. The number of anilines is 1. The highest BCUT2D eigenvalue weighted by Gasteiger charge is 2.45. The van der Waals surface area contributed by atoms with Gasteiger partial charge < -0.3 is 19.9 Å². The van der Waals surface area contributed by atoms with Crippen LogP contribution >= 0.6 is 0 Å². The molecular weight excluding hydrogens is 382 g/mol. The van der Waals surface area contributed by atoms with Gasteiger partial charge in [-0.05, 0) is 76.8 Å². The molecular formula is C23H31N3O4. The van der Waals surface area contributed by atoms with Gasteiger partial charge in [-0.25, -0.2) is 4.79 Å². The van der Waals surface area contributed by atoms with Crippen molar-refractivity contribution in [2.24, 2.45) is 0 Å². The molecule has 30 heavy (non-hydrogen) atoms. The number of piperidine rings is 1. The molecule has 0 aliphatic carbocycles. The minimum atomic E-state index is -0.516. The summed E-state index contributed by atoms with van der Waals surface area (Å²) >= 11 is 0. The first kappa shape index (κ1) is 21.9. The first-order valence-corrected chi connectivity index (χ1v) is 10.4. The molecule has 2 saturated heterocycles. The molecule has 2 bridgehead atoms. The van der Waals surface area contributed by atoms with E-state index in [1.807, 2.05) is 25.7 Å². The van der Waals surface area contributed by atoms with E-state index in [1.54, 1.807) is 31.3 Å². The molecule has 0 spiro atoms. The van der Waals surface area contributed by atoms with Crippen molar-refractivity contribution in [3.63, 3.8) is 0 Å². The van der Waals surface area contributed by atoms with E-state index < -0.39 is 5.60 Å². The number of rotatable bonds is 4. The normalized spacial score (nSPS) is 22.9. The molecule has 2 atom stereocenters. The van der Waals surface area contributed by atoms with Gasteiger partial charge in [-0.2, -0.15) is 0 Å². The summed E-state index contributed by atoms with van der Waals surface area (Å²) < 4.78 is 5.56. The van der Waals surface area contributed by atoms with Gasteiger partial charge in [0.2, 0.25) is 5.91 Å². The maximum Gasteiger partial charge on any atom is 0.410 e. The second kappa shape index (κ2) is 8.50. The number of fused-ring (bicyclic) bond motifs is 2. The number of amides is 3. The van der Waals surface area contributed by atoms with Gasteiger partial charge in [0.15, 0.2) is 0 Å². The van der Waals surface area contributed by atoms with Crippen molar-refractivity contribution in [3.05, 3.63) is 42.5 Å². The van der Waals surface area contributed by atoms with Crippen LogP contribution in [0.3, 0.4) is 0 Å². The van der Waals surface area contributed by atoms with E-state index >= 15 is 0 Å². The summed E-state index contributed by atoms with van der Waals surface area (Å²) in [6, 6.07) is 7.13. The van der Waals surface area contributed by atoms with E-state index in [0.29, 0.717) is 11.3 Å². The van der Waals surface area contributed by atoms with E-state index in [4.69, 9.17) is 4.74 Å². The van der Waals surface area contributed by atoms with Gasteiger partial charge in [-0.15, -0.1) is 0 Å². The topological polar surface area (TPSA) is 79.0 Å². The fraction of sp³-hybridized carbons (Fsp3) is 0.522. The molecule has 3 amide bonds. The molecule has 2 aliphatic rings. The predicted octanol–water partition coefficient (Wildman–Crippen LogP) is 3.50. The molecule has 1 N–H and O–H groups in total. The second-order valence-corrected chi connectivity index (χ2v) is 9.06. The fourth-order valence-corrected chi connectivity index (χ4v) is 4.28.